The second-order valence-electron chi connectivity index (χ2n) is 12.2. The van der Waals surface area contributed by atoms with Crippen molar-refractivity contribution in [2.45, 2.75) is 85.2 Å². The normalized spacial score (nSPS) is 36.3. The van der Waals surface area contributed by atoms with Crippen LogP contribution in [0.2, 0.25) is 0 Å². The number of piperazine rings is 1. The molecule has 10 heteroatoms. The summed E-state index contributed by atoms with van der Waals surface area (Å²) in [5.74, 6) is 0.105. The second-order valence-corrected chi connectivity index (χ2v) is 13.8. The maximum absolute atomic E-state index is 14.0. The Morgan fingerprint density at radius 2 is 2.17 bits per heavy atom. The second kappa shape index (κ2) is 11.7. The molecule has 1 aromatic rings. The van der Waals surface area contributed by atoms with Crippen LogP contribution in [0.15, 0.2) is 35.7 Å². The third-order valence-corrected chi connectivity index (χ3v) is 11.4. The predicted molar refractivity (Wildman–Crippen MR) is 153 cm³/mol. The van der Waals surface area contributed by atoms with E-state index in [4.69, 9.17) is 4.74 Å². The number of benzene rings is 1. The van der Waals surface area contributed by atoms with E-state index in [0.717, 1.165) is 50.8 Å². The molecular weight excluding hydrogens is 527 g/mol. The lowest BCUT2D eigenvalue weighted by atomic mass is 9.73. The van der Waals surface area contributed by atoms with E-state index in [1.807, 2.05) is 17.8 Å². The smallest absolute Gasteiger partial charge is 0.246 e. The lowest BCUT2D eigenvalue weighted by Crippen LogP contribution is -2.72. The Balaban J connectivity index is 1.20. The Bertz CT molecular complexity index is 1160. The van der Waals surface area contributed by atoms with Gasteiger partial charge in [0.1, 0.15) is 5.82 Å². The summed E-state index contributed by atoms with van der Waals surface area (Å²) in [6.07, 6.45) is 7.85. The van der Waals surface area contributed by atoms with Crippen molar-refractivity contribution in [2.24, 2.45) is 5.92 Å². The van der Waals surface area contributed by atoms with Gasteiger partial charge in [0.2, 0.25) is 5.91 Å². The molecule has 1 amide bonds. The Labute approximate surface area is 241 Å². The molecule has 0 radical (unpaired) electrons. The number of rotatable bonds is 6. The van der Waals surface area contributed by atoms with Crippen molar-refractivity contribution in [1.82, 2.24) is 25.3 Å². The number of ether oxygens (including phenoxy) is 1. The number of likely N-dealkylation sites (N-methyl/N-ethyl adjacent to an activating group) is 1. The van der Waals surface area contributed by atoms with Crippen molar-refractivity contribution in [1.29, 1.82) is 5.26 Å². The number of fused-ring (bicyclic) bond motifs is 2. The van der Waals surface area contributed by atoms with Gasteiger partial charge in [0.25, 0.3) is 0 Å². The Morgan fingerprint density at radius 1 is 1.30 bits per heavy atom. The number of amides is 1. The zero-order chi connectivity index (χ0) is 27.9. The standard InChI is InChI=1S/C30H41FN6O2S/c1-3-27(38)37-14-13-36(18-22(37)9-11-32)28-24-8-10-30(16-20-15-21(31)6-7-26(20)40-30)17-25(24)33-29(34-28)39-19-23-5-4-12-35(23)2/h3,6-7,15,22-25,28-29,33-34H,1,4-5,8-10,12-14,16-19H2,2H3/t22?,23?,24?,25?,28?,29?,30-/m0/s1. The fraction of sp³-hybridized carbons (Fsp3) is 0.667. The average molecular weight is 569 g/mol. The topological polar surface area (TPSA) is 83.9 Å². The van der Waals surface area contributed by atoms with Gasteiger partial charge in [-0.2, -0.15) is 5.26 Å². The number of carbonyl (C=O) groups is 1. The molecule has 6 rings (SSSR count). The van der Waals surface area contributed by atoms with Crippen LogP contribution >= 0.6 is 11.8 Å². The first-order chi connectivity index (χ1) is 19.4. The van der Waals surface area contributed by atoms with Crippen LogP contribution in [-0.4, -0.2) is 95.8 Å². The van der Waals surface area contributed by atoms with Gasteiger partial charge in [-0.3, -0.25) is 20.3 Å². The SMILES string of the molecule is C=CC(=O)N1CCN(C2NC(OCC3CCCN3C)NC3C[C@]4(CCC32)Cc2cc(F)ccc2S4)CC1CC#N. The van der Waals surface area contributed by atoms with E-state index in [1.54, 1.807) is 17.0 Å². The fourth-order valence-corrected chi connectivity index (χ4v) is 9.29. The number of hydrogen-bond acceptors (Lipinski definition) is 8. The van der Waals surface area contributed by atoms with Crippen LogP contribution in [0, 0.1) is 23.1 Å². The van der Waals surface area contributed by atoms with E-state index in [1.165, 1.54) is 17.4 Å². The van der Waals surface area contributed by atoms with Crippen LogP contribution in [0.5, 0.6) is 0 Å². The van der Waals surface area contributed by atoms with Gasteiger partial charge in [-0.15, -0.1) is 11.8 Å². The van der Waals surface area contributed by atoms with Gasteiger partial charge in [-0.05, 0) is 82.0 Å². The summed E-state index contributed by atoms with van der Waals surface area (Å²) in [5, 5.41) is 17.1. The van der Waals surface area contributed by atoms with E-state index >= 15 is 0 Å². The first kappa shape index (κ1) is 28.1. The van der Waals surface area contributed by atoms with Crippen molar-refractivity contribution in [2.75, 3.05) is 39.8 Å². The fourth-order valence-electron chi connectivity index (χ4n) is 7.71. The summed E-state index contributed by atoms with van der Waals surface area (Å²) in [4.78, 5) is 20.4. The summed E-state index contributed by atoms with van der Waals surface area (Å²) in [6.45, 7) is 7.43. The minimum Gasteiger partial charge on any atom is -0.348 e. The Hall–Kier alpha value is -2.00. The third-order valence-electron chi connectivity index (χ3n) is 9.82. The summed E-state index contributed by atoms with van der Waals surface area (Å²) < 4.78 is 20.6. The van der Waals surface area contributed by atoms with Crippen molar-refractivity contribution in [3.05, 3.63) is 42.2 Å². The van der Waals surface area contributed by atoms with Gasteiger partial charge in [0.05, 0.1) is 31.3 Å². The summed E-state index contributed by atoms with van der Waals surface area (Å²) in [5.41, 5.74) is 1.13. The van der Waals surface area contributed by atoms with E-state index in [9.17, 15) is 14.4 Å². The number of carbonyl (C=O) groups excluding carboxylic acids is 1. The molecule has 6 unspecified atom stereocenters. The van der Waals surface area contributed by atoms with E-state index in [-0.39, 0.29) is 41.1 Å². The third kappa shape index (κ3) is 5.57. The predicted octanol–water partition coefficient (Wildman–Crippen LogP) is 2.91. The van der Waals surface area contributed by atoms with Gasteiger partial charge < -0.3 is 14.5 Å². The van der Waals surface area contributed by atoms with Gasteiger partial charge in [0.15, 0.2) is 6.35 Å². The molecule has 4 fully saturated rings. The molecule has 40 heavy (non-hydrogen) atoms. The van der Waals surface area contributed by atoms with Crippen LogP contribution in [0.3, 0.4) is 0 Å². The van der Waals surface area contributed by atoms with E-state index in [0.29, 0.717) is 38.1 Å². The Morgan fingerprint density at radius 3 is 2.95 bits per heavy atom. The zero-order valence-electron chi connectivity index (χ0n) is 23.4. The Kier molecular flexibility index (Phi) is 8.23. The number of nitrogens with zero attached hydrogens (tertiary/aromatic N) is 4. The average Bonchev–Trinajstić information content (AvgIpc) is 3.52. The first-order valence-corrected chi connectivity index (χ1v) is 15.5. The number of thioether (sulfide) groups is 1. The molecule has 0 aromatic heterocycles. The van der Waals surface area contributed by atoms with Gasteiger partial charge in [-0.25, -0.2) is 4.39 Å². The molecule has 1 saturated carbocycles. The zero-order valence-corrected chi connectivity index (χ0v) is 24.2. The molecular formula is C30H41FN6O2S. The minimum atomic E-state index is -0.274. The van der Waals surface area contributed by atoms with Crippen molar-refractivity contribution < 1.29 is 13.9 Å². The number of likely N-dealkylation sites (tertiary alicyclic amines) is 1. The van der Waals surface area contributed by atoms with Crippen LogP contribution in [-0.2, 0) is 16.0 Å². The highest BCUT2D eigenvalue weighted by Gasteiger charge is 2.51. The maximum Gasteiger partial charge on any atom is 0.246 e. The van der Waals surface area contributed by atoms with E-state index < -0.39 is 0 Å². The van der Waals surface area contributed by atoms with Crippen molar-refractivity contribution in [3.63, 3.8) is 0 Å². The molecule has 2 N–H and O–H groups in total. The molecule has 3 saturated heterocycles. The largest absolute Gasteiger partial charge is 0.348 e. The molecule has 5 aliphatic rings. The molecule has 216 valence electrons. The van der Waals surface area contributed by atoms with Crippen molar-refractivity contribution >= 4 is 17.7 Å². The van der Waals surface area contributed by atoms with Crippen LogP contribution in [0.1, 0.15) is 44.1 Å². The van der Waals surface area contributed by atoms with Crippen LogP contribution in [0.4, 0.5) is 4.39 Å². The molecule has 1 aromatic carbocycles. The molecule has 7 atom stereocenters. The quantitative estimate of drug-likeness (QED) is 0.507. The molecule has 0 bridgehead atoms. The molecule has 1 aliphatic carbocycles. The monoisotopic (exact) mass is 568 g/mol. The highest BCUT2D eigenvalue weighted by molar-refractivity contribution is 8.01. The van der Waals surface area contributed by atoms with Gasteiger partial charge in [-0.1, -0.05) is 6.58 Å². The number of nitriles is 1. The van der Waals surface area contributed by atoms with Crippen LogP contribution in [0.25, 0.3) is 0 Å². The molecule has 8 nitrogen and oxygen atoms in total. The maximum atomic E-state index is 14.0. The molecule has 4 aliphatic heterocycles. The number of nitrogens with one attached hydrogen (secondary N) is 2. The number of halogens is 1. The number of hydrogen-bond donors (Lipinski definition) is 2. The first-order valence-electron chi connectivity index (χ1n) is 14.7. The van der Waals surface area contributed by atoms with Crippen LogP contribution < -0.4 is 10.6 Å². The molecule has 1 spiro atoms. The minimum absolute atomic E-state index is 0.0703. The molecule has 4 heterocycles. The highest BCUT2D eigenvalue weighted by Crippen LogP contribution is 2.54. The van der Waals surface area contributed by atoms with E-state index in [2.05, 4.69) is 40.1 Å². The summed E-state index contributed by atoms with van der Waals surface area (Å²) in [6, 6.07) is 8.05. The highest BCUT2D eigenvalue weighted by atomic mass is 32.2. The summed E-state index contributed by atoms with van der Waals surface area (Å²) >= 11 is 1.93. The van der Waals surface area contributed by atoms with Gasteiger partial charge in [0, 0.05) is 47.3 Å². The van der Waals surface area contributed by atoms with Crippen molar-refractivity contribution in [3.8, 4) is 6.07 Å². The lowest BCUT2D eigenvalue weighted by Gasteiger charge is -2.55. The lowest BCUT2D eigenvalue weighted by molar-refractivity contribution is -0.135. The summed E-state index contributed by atoms with van der Waals surface area (Å²) in [7, 11) is 2.17. The van der Waals surface area contributed by atoms with Gasteiger partial charge >= 0.3 is 0 Å².